The molecule has 0 aliphatic carbocycles. The van der Waals surface area contributed by atoms with E-state index in [0.717, 1.165) is 0 Å². The minimum atomic E-state index is -3.57. The Morgan fingerprint density at radius 2 is 1.73 bits per heavy atom. The van der Waals surface area contributed by atoms with Gasteiger partial charge in [0.05, 0.1) is 0 Å². The minimum Gasteiger partial charge on any atom is -0.369 e. The Hall–Kier alpha value is -3.57. The summed E-state index contributed by atoms with van der Waals surface area (Å²) in [7, 11) is -3.57. The summed E-state index contributed by atoms with van der Waals surface area (Å²) >= 11 is 0. The number of para-hydroxylation sites is 1. The number of hydrogen-bond donors (Lipinski definition) is 3. The average molecular weight is 425 g/mol. The van der Waals surface area contributed by atoms with Crippen molar-refractivity contribution < 1.29 is 12.9 Å². The van der Waals surface area contributed by atoms with Crippen molar-refractivity contribution in [2.24, 2.45) is 0 Å². The lowest BCUT2D eigenvalue weighted by atomic mass is 10.2. The summed E-state index contributed by atoms with van der Waals surface area (Å²) in [6, 6.07) is 14.4. The third kappa shape index (κ3) is 5.07. The second-order valence-corrected chi connectivity index (χ2v) is 8.14. The molecule has 0 spiro atoms. The number of aromatic nitrogens is 4. The minimum absolute atomic E-state index is 0.186. The fraction of sp³-hybridized carbons (Fsp3) is 0.158. The number of hydrogen-bond acceptors (Lipinski definition) is 9. The Morgan fingerprint density at radius 1 is 0.900 bits per heavy atom. The second-order valence-electron chi connectivity index (χ2n) is 6.33. The van der Waals surface area contributed by atoms with Gasteiger partial charge in [-0.05, 0) is 24.3 Å². The number of sulfonamides is 1. The molecular formula is C19H19N7O3S. The summed E-state index contributed by atoms with van der Waals surface area (Å²) in [6.07, 6.45) is 3.09. The SMILES string of the molecule is O=S(=O)(Cc1noc2ccccc12)NCCNc1cc(Nc2ccccn2)ncn1. The van der Waals surface area contributed by atoms with Crippen molar-refractivity contribution in [1.29, 1.82) is 0 Å². The molecule has 0 aliphatic heterocycles. The highest BCUT2D eigenvalue weighted by atomic mass is 32.2. The smallest absolute Gasteiger partial charge is 0.217 e. The van der Waals surface area contributed by atoms with E-state index in [9.17, 15) is 8.42 Å². The maximum Gasteiger partial charge on any atom is 0.217 e. The maximum atomic E-state index is 12.3. The lowest BCUT2D eigenvalue weighted by molar-refractivity contribution is 0.448. The van der Waals surface area contributed by atoms with Crippen LogP contribution in [0, 0.1) is 0 Å². The zero-order valence-corrected chi connectivity index (χ0v) is 16.6. The fourth-order valence-corrected chi connectivity index (χ4v) is 3.84. The average Bonchev–Trinajstić information content (AvgIpc) is 3.15. The molecule has 0 aliphatic rings. The van der Waals surface area contributed by atoms with Gasteiger partial charge >= 0.3 is 0 Å². The zero-order valence-electron chi connectivity index (χ0n) is 15.8. The number of fused-ring (bicyclic) bond motifs is 1. The quantitative estimate of drug-likeness (QED) is 0.345. The van der Waals surface area contributed by atoms with Crippen LogP contribution in [0.25, 0.3) is 11.0 Å². The number of benzene rings is 1. The number of rotatable bonds is 9. The van der Waals surface area contributed by atoms with Crippen molar-refractivity contribution in [3.8, 4) is 0 Å². The summed E-state index contributed by atoms with van der Waals surface area (Å²) in [5, 5.41) is 10.7. The van der Waals surface area contributed by atoms with Crippen LogP contribution in [0.5, 0.6) is 0 Å². The molecular weight excluding hydrogens is 406 g/mol. The number of anilines is 3. The third-order valence-electron chi connectivity index (χ3n) is 4.12. The molecule has 0 bridgehead atoms. The molecule has 3 heterocycles. The molecule has 154 valence electrons. The van der Waals surface area contributed by atoms with Gasteiger partial charge in [0, 0.05) is 30.7 Å². The first kappa shape index (κ1) is 19.7. The normalized spacial score (nSPS) is 11.5. The van der Waals surface area contributed by atoms with Crippen LogP contribution in [0.2, 0.25) is 0 Å². The van der Waals surface area contributed by atoms with Crippen LogP contribution in [0.15, 0.2) is 65.6 Å². The van der Waals surface area contributed by atoms with E-state index in [1.54, 1.807) is 30.5 Å². The monoisotopic (exact) mass is 425 g/mol. The highest BCUT2D eigenvalue weighted by molar-refractivity contribution is 7.88. The molecule has 0 amide bonds. The van der Waals surface area contributed by atoms with Gasteiger partial charge in [-0.2, -0.15) is 0 Å². The molecule has 0 saturated heterocycles. The van der Waals surface area contributed by atoms with E-state index in [0.29, 0.717) is 40.7 Å². The third-order valence-corrected chi connectivity index (χ3v) is 5.42. The van der Waals surface area contributed by atoms with Crippen molar-refractivity contribution in [3.05, 3.63) is 66.7 Å². The Labute approximate surface area is 172 Å². The van der Waals surface area contributed by atoms with Gasteiger partial charge in [-0.25, -0.2) is 28.1 Å². The van der Waals surface area contributed by atoms with Gasteiger partial charge in [-0.15, -0.1) is 0 Å². The van der Waals surface area contributed by atoms with E-state index >= 15 is 0 Å². The molecule has 10 nitrogen and oxygen atoms in total. The molecule has 1 aromatic carbocycles. The molecule has 30 heavy (non-hydrogen) atoms. The van der Waals surface area contributed by atoms with Crippen molar-refractivity contribution in [2.75, 3.05) is 23.7 Å². The van der Waals surface area contributed by atoms with Crippen LogP contribution < -0.4 is 15.4 Å². The highest BCUT2D eigenvalue weighted by Gasteiger charge is 2.16. The van der Waals surface area contributed by atoms with Crippen molar-refractivity contribution in [2.45, 2.75) is 5.75 Å². The van der Waals surface area contributed by atoms with E-state index in [1.807, 2.05) is 24.3 Å². The fourth-order valence-electron chi connectivity index (χ4n) is 2.76. The van der Waals surface area contributed by atoms with E-state index in [-0.39, 0.29) is 12.3 Å². The molecule has 3 aromatic heterocycles. The van der Waals surface area contributed by atoms with E-state index < -0.39 is 10.0 Å². The topological polar surface area (TPSA) is 135 Å². The van der Waals surface area contributed by atoms with E-state index in [1.165, 1.54) is 6.33 Å². The second kappa shape index (κ2) is 8.84. The molecule has 0 unspecified atom stereocenters. The summed E-state index contributed by atoms with van der Waals surface area (Å²) in [4.78, 5) is 12.4. The molecule has 4 rings (SSSR count). The van der Waals surface area contributed by atoms with Gasteiger partial charge in [0.15, 0.2) is 5.58 Å². The highest BCUT2D eigenvalue weighted by Crippen LogP contribution is 2.19. The predicted octanol–water partition coefficient (Wildman–Crippen LogP) is 2.29. The lowest BCUT2D eigenvalue weighted by Gasteiger charge is -2.09. The first-order valence-electron chi connectivity index (χ1n) is 9.14. The van der Waals surface area contributed by atoms with Gasteiger partial charge < -0.3 is 15.2 Å². The van der Waals surface area contributed by atoms with Gasteiger partial charge in [-0.3, -0.25) is 0 Å². The largest absolute Gasteiger partial charge is 0.369 e. The van der Waals surface area contributed by atoms with E-state index in [4.69, 9.17) is 4.52 Å². The predicted molar refractivity (Wildman–Crippen MR) is 113 cm³/mol. The van der Waals surface area contributed by atoms with Crippen molar-refractivity contribution >= 4 is 38.4 Å². The van der Waals surface area contributed by atoms with E-state index in [2.05, 4.69) is 35.5 Å². The van der Waals surface area contributed by atoms with Crippen molar-refractivity contribution in [3.63, 3.8) is 0 Å². The number of nitrogens with zero attached hydrogens (tertiary/aromatic N) is 4. The lowest BCUT2D eigenvalue weighted by Crippen LogP contribution is -2.30. The van der Waals surface area contributed by atoms with Crippen LogP contribution in [-0.2, 0) is 15.8 Å². The zero-order chi connectivity index (χ0) is 20.8. The molecule has 0 atom stereocenters. The number of nitrogens with one attached hydrogen (secondary N) is 3. The summed E-state index contributed by atoms with van der Waals surface area (Å²) in [6.45, 7) is 0.532. The van der Waals surface area contributed by atoms with Crippen LogP contribution in [0.4, 0.5) is 17.5 Å². The summed E-state index contributed by atoms with van der Waals surface area (Å²) < 4.78 is 32.4. The molecule has 3 N–H and O–H groups in total. The molecule has 0 fully saturated rings. The van der Waals surface area contributed by atoms with Crippen LogP contribution in [-0.4, -0.2) is 41.6 Å². The van der Waals surface area contributed by atoms with Gasteiger partial charge in [-0.1, -0.05) is 23.4 Å². The maximum absolute atomic E-state index is 12.3. The van der Waals surface area contributed by atoms with Crippen LogP contribution in [0.3, 0.4) is 0 Å². The molecule has 0 saturated carbocycles. The van der Waals surface area contributed by atoms with Gasteiger partial charge in [0.2, 0.25) is 10.0 Å². The Balaban J connectivity index is 1.29. The van der Waals surface area contributed by atoms with Crippen molar-refractivity contribution in [1.82, 2.24) is 24.8 Å². The van der Waals surface area contributed by atoms with Gasteiger partial charge in [0.1, 0.15) is 35.2 Å². The standard InChI is InChI=1S/C19H19N7O3S/c27-30(28,12-15-14-5-1-2-6-16(14)29-26-15)24-10-9-21-18-11-19(23-13-22-18)25-17-7-3-4-8-20-17/h1-8,11,13,24H,9-10,12H2,(H2,20,21,22,23,25). The molecule has 4 aromatic rings. The first-order valence-corrected chi connectivity index (χ1v) is 10.8. The summed E-state index contributed by atoms with van der Waals surface area (Å²) in [5.74, 6) is 1.54. The Kier molecular flexibility index (Phi) is 5.82. The summed E-state index contributed by atoms with van der Waals surface area (Å²) in [5.41, 5.74) is 0.940. The first-order chi connectivity index (χ1) is 14.6. The number of pyridine rings is 1. The van der Waals surface area contributed by atoms with Crippen LogP contribution in [0.1, 0.15) is 5.69 Å². The van der Waals surface area contributed by atoms with Crippen LogP contribution >= 0.6 is 0 Å². The van der Waals surface area contributed by atoms with Gasteiger partial charge in [0.25, 0.3) is 0 Å². The Morgan fingerprint density at radius 3 is 2.60 bits per heavy atom. The molecule has 0 radical (unpaired) electrons. The Bertz CT molecular complexity index is 1230. The molecule has 11 heteroatoms.